The van der Waals surface area contributed by atoms with Gasteiger partial charge >= 0.3 is 6.30 Å². The van der Waals surface area contributed by atoms with Crippen LogP contribution in [-0.2, 0) is 0 Å². The summed E-state index contributed by atoms with van der Waals surface area (Å²) in [5.41, 5.74) is 0. The van der Waals surface area contributed by atoms with Gasteiger partial charge in [-0.15, -0.1) is 0 Å². The van der Waals surface area contributed by atoms with Crippen LogP contribution in [0.5, 0.6) is 0 Å². The summed E-state index contributed by atoms with van der Waals surface area (Å²) in [7, 11) is 0.773. The summed E-state index contributed by atoms with van der Waals surface area (Å²) in [4.78, 5) is 3.03. The van der Waals surface area contributed by atoms with Gasteiger partial charge in [0.25, 0.3) is 0 Å². The van der Waals surface area contributed by atoms with E-state index in [0.717, 1.165) is 13.2 Å². The van der Waals surface area contributed by atoms with Crippen LogP contribution in [0.25, 0.3) is 0 Å². The minimum atomic E-state index is -4.50. The number of amidine groups is 1. The number of nitrogens with zero attached hydrogens (tertiary/aromatic N) is 2. The van der Waals surface area contributed by atoms with E-state index in [4.69, 9.17) is 11.6 Å². The lowest BCUT2D eigenvalue weighted by atomic mass is 10.8. The van der Waals surface area contributed by atoms with E-state index < -0.39 is 11.6 Å². The normalized spacial score (nSPS) is 13.0. The number of hydrogen-bond acceptors (Lipinski definition) is 1. The van der Waals surface area contributed by atoms with Gasteiger partial charge in [-0.1, -0.05) is 6.58 Å². The summed E-state index contributed by atoms with van der Waals surface area (Å²) in [6.45, 7) is 3.10. The number of halogens is 4. The highest BCUT2D eigenvalue weighted by molar-refractivity contribution is 6.64. The number of rotatable bonds is 1. The van der Waals surface area contributed by atoms with Crippen molar-refractivity contribution in [3.63, 3.8) is 0 Å². The molecular formula is C5H6ClF3N2. The van der Waals surface area contributed by atoms with Crippen LogP contribution >= 0.6 is 11.6 Å². The summed E-state index contributed by atoms with van der Waals surface area (Å²) in [5, 5.41) is -0.660. The van der Waals surface area contributed by atoms with E-state index in [-0.39, 0.29) is 4.90 Å². The van der Waals surface area contributed by atoms with Gasteiger partial charge in [-0.25, -0.2) is 4.99 Å². The number of aliphatic imine (C=N–C) groups is 1. The van der Waals surface area contributed by atoms with Gasteiger partial charge in [-0.2, -0.15) is 13.2 Å². The van der Waals surface area contributed by atoms with Gasteiger partial charge in [0, 0.05) is 13.2 Å². The zero-order valence-corrected chi connectivity index (χ0v) is 6.45. The van der Waals surface area contributed by atoms with Gasteiger partial charge in [-0.3, -0.25) is 4.90 Å². The van der Waals surface area contributed by atoms with Crippen molar-refractivity contribution in [3.8, 4) is 0 Å². The highest BCUT2D eigenvalue weighted by Gasteiger charge is 2.35. The topological polar surface area (TPSA) is 15.6 Å². The summed E-state index contributed by atoms with van der Waals surface area (Å²) in [6.07, 6.45) is -3.56. The van der Waals surface area contributed by atoms with Crippen LogP contribution in [-0.4, -0.2) is 23.5 Å². The second-order valence-electron chi connectivity index (χ2n) is 1.61. The van der Waals surface area contributed by atoms with Crippen molar-refractivity contribution in [2.45, 2.75) is 6.30 Å². The van der Waals surface area contributed by atoms with E-state index in [2.05, 4.69) is 11.6 Å². The molecule has 0 saturated carbocycles. The minimum Gasteiger partial charge on any atom is -0.261 e. The first-order valence-electron chi connectivity index (χ1n) is 2.54. The van der Waals surface area contributed by atoms with Gasteiger partial charge in [0.05, 0.1) is 0 Å². The lowest BCUT2D eigenvalue weighted by molar-refractivity contribution is -0.208. The molecule has 2 nitrogen and oxygen atoms in total. The summed E-state index contributed by atoms with van der Waals surface area (Å²) >= 11 is 5.10. The molecule has 0 atom stereocenters. The maximum absolute atomic E-state index is 11.7. The maximum Gasteiger partial charge on any atom is 0.486 e. The standard InChI is InChI=1S/C5H6ClF3N2/c1-3-10-4(6)11(2)5(7,8)9/h3H,1H2,2H3/b10-4-. The van der Waals surface area contributed by atoms with E-state index in [1.807, 2.05) is 0 Å². The second-order valence-corrected chi connectivity index (χ2v) is 1.95. The highest BCUT2D eigenvalue weighted by Crippen LogP contribution is 2.20. The molecule has 6 heteroatoms. The van der Waals surface area contributed by atoms with Crippen molar-refractivity contribution in [2.24, 2.45) is 4.99 Å². The molecule has 0 aromatic rings. The first-order chi connectivity index (χ1) is 4.89. The average Bonchev–Trinajstić information content (AvgIpc) is 1.85. The Morgan fingerprint density at radius 2 is 2.09 bits per heavy atom. The lowest BCUT2D eigenvalue weighted by Crippen LogP contribution is -2.36. The van der Waals surface area contributed by atoms with Gasteiger partial charge in [-0.05, 0) is 11.6 Å². The van der Waals surface area contributed by atoms with Crippen LogP contribution in [0.3, 0.4) is 0 Å². The third-order valence-corrected chi connectivity index (χ3v) is 1.21. The fourth-order valence-electron chi connectivity index (χ4n) is 0.267. The van der Waals surface area contributed by atoms with Crippen LogP contribution in [0.2, 0.25) is 0 Å². The van der Waals surface area contributed by atoms with Crippen LogP contribution in [0.1, 0.15) is 0 Å². The molecule has 0 saturated heterocycles. The molecule has 0 amide bonds. The molecule has 0 fully saturated rings. The zero-order chi connectivity index (χ0) is 9.07. The summed E-state index contributed by atoms with van der Waals surface area (Å²) in [6, 6.07) is 0. The first-order valence-corrected chi connectivity index (χ1v) is 2.92. The maximum atomic E-state index is 11.7. The first kappa shape index (κ1) is 10.3. The van der Waals surface area contributed by atoms with E-state index >= 15 is 0 Å². The van der Waals surface area contributed by atoms with Gasteiger partial charge < -0.3 is 0 Å². The Balaban J connectivity index is 4.36. The monoisotopic (exact) mass is 186 g/mol. The van der Waals surface area contributed by atoms with Crippen molar-refractivity contribution in [2.75, 3.05) is 7.05 Å². The Morgan fingerprint density at radius 3 is 2.36 bits per heavy atom. The van der Waals surface area contributed by atoms with Crippen molar-refractivity contribution < 1.29 is 13.2 Å². The third kappa shape index (κ3) is 3.27. The smallest absolute Gasteiger partial charge is 0.261 e. The van der Waals surface area contributed by atoms with E-state index in [0.29, 0.717) is 0 Å². The Bertz CT molecular complexity index is 175. The third-order valence-electron chi connectivity index (χ3n) is 0.855. The molecule has 0 aromatic heterocycles. The largest absolute Gasteiger partial charge is 0.486 e. The van der Waals surface area contributed by atoms with E-state index in [1.54, 1.807) is 0 Å². The minimum absolute atomic E-state index is 0.115. The predicted octanol–water partition coefficient (Wildman–Crippen LogP) is 2.18. The highest BCUT2D eigenvalue weighted by atomic mass is 35.5. The molecule has 0 aliphatic carbocycles. The molecule has 0 aliphatic rings. The van der Waals surface area contributed by atoms with Crippen LogP contribution < -0.4 is 0 Å². The molecule has 0 rings (SSSR count). The Kier molecular flexibility index (Phi) is 3.38. The average molecular weight is 187 g/mol. The molecule has 0 bridgehead atoms. The van der Waals surface area contributed by atoms with E-state index in [1.165, 1.54) is 0 Å². The quantitative estimate of drug-likeness (QED) is 0.348. The Hall–Kier alpha value is -0.710. The second kappa shape index (κ2) is 3.61. The Morgan fingerprint density at radius 1 is 1.64 bits per heavy atom. The zero-order valence-electron chi connectivity index (χ0n) is 5.69. The molecule has 0 unspecified atom stereocenters. The Labute approximate surface area is 67.0 Å². The molecule has 0 aliphatic heterocycles. The molecule has 11 heavy (non-hydrogen) atoms. The number of alkyl halides is 3. The lowest BCUT2D eigenvalue weighted by Gasteiger charge is -2.18. The molecule has 0 spiro atoms. The van der Waals surface area contributed by atoms with Crippen molar-refractivity contribution in [1.82, 2.24) is 4.90 Å². The van der Waals surface area contributed by atoms with Crippen molar-refractivity contribution >= 4 is 16.9 Å². The van der Waals surface area contributed by atoms with Crippen LogP contribution in [0, 0.1) is 0 Å². The fourth-order valence-corrected chi connectivity index (χ4v) is 0.431. The van der Waals surface area contributed by atoms with Crippen molar-refractivity contribution in [1.29, 1.82) is 0 Å². The van der Waals surface area contributed by atoms with Crippen molar-refractivity contribution in [3.05, 3.63) is 12.8 Å². The molecule has 0 N–H and O–H groups in total. The fraction of sp³-hybridized carbons (Fsp3) is 0.400. The summed E-state index contributed by atoms with van der Waals surface area (Å²) < 4.78 is 35.2. The summed E-state index contributed by atoms with van der Waals surface area (Å²) in [5.74, 6) is 0. The SMILES string of the molecule is C=C/N=C(/Cl)N(C)C(F)(F)F. The van der Waals surface area contributed by atoms with E-state index in [9.17, 15) is 13.2 Å². The molecule has 64 valence electrons. The number of hydrogen-bond donors (Lipinski definition) is 0. The molecule has 0 aromatic carbocycles. The predicted molar refractivity (Wildman–Crippen MR) is 37.3 cm³/mol. The van der Waals surface area contributed by atoms with Crippen LogP contribution in [0.15, 0.2) is 17.8 Å². The van der Waals surface area contributed by atoms with Crippen LogP contribution in [0.4, 0.5) is 13.2 Å². The molecule has 0 heterocycles. The molecular weight excluding hydrogens is 181 g/mol. The van der Waals surface area contributed by atoms with Gasteiger partial charge in [0.1, 0.15) is 0 Å². The molecule has 0 radical (unpaired) electrons. The van der Waals surface area contributed by atoms with Gasteiger partial charge in [0.2, 0.25) is 5.29 Å². The van der Waals surface area contributed by atoms with Gasteiger partial charge in [0.15, 0.2) is 0 Å².